The lowest BCUT2D eigenvalue weighted by atomic mass is 10.0. The van der Waals surface area contributed by atoms with Crippen molar-refractivity contribution in [1.29, 1.82) is 0 Å². The van der Waals surface area contributed by atoms with E-state index in [0.717, 1.165) is 11.1 Å². The Balaban J connectivity index is 1.75. The maximum Gasteiger partial charge on any atom is 0.254 e. The van der Waals surface area contributed by atoms with Gasteiger partial charge >= 0.3 is 0 Å². The topological polar surface area (TPSA) is 72.9 Å². The summed E-state index contributed by atoms with van der Waals surface area (Å²) in [5, 5.41) is 0. The lowest BCUT2D eigenvalue weighted by Gasteiger charge is -2.19. The third-order valence-electron chi connectivity index (χ3n) is 4.95. The largest absolute Gasteiger partial charge is 0.486 e. The molecule has 0 saturated carbocycles. The third kappa shape index (κ3) is 5.50. The highest BCUT2D eigenvalue weighted by atomic mass is 35.7. The van der Waals surface area contributed by atoms with E-state index in [1.54, 1.807) is 36.3 Å². The summed E-state index contributed by atoms with van der Waals surface area (Å²) in [7, 11) is 3.27. The highest BCUT2D eigenvalue weighted by Gasteiger charge is 2.37. The fourth-order valence-corrected chi connectivity index (χ4v) is 4.42. The lowest BCUT2D eigenvalue weighted by molar-refractivity contribution is 0.0339. The van der Waals surface area contributed by atoms with E-state index < -0.39 is 9.05 Å². The van der Waals surface area contributed by atoms with Crippen molar-refractivity contribution in [1.82, 2.24) is 4.90 Å². The average Bonchev–Trinajstić information content (AvgIpc) is 3.05. The van der Waals surface area contributed by atoms with Crippen molar-refractivity contribution < 1.29 is 22.7 Å². The number of benzene rings is 2. The van der Waals surface area contributed by atoms with Gasteiger partial charge in [0.05, 0.1) is 18.8 Å². The van der Waals surface area contributed by atoms with E-state index in [4.69, 9.17) is 20.2 Å². The van der Waals surface area contributed by atoms with Crippen LogP contribution in [0.1, 0.15) is 27.0 Å². The zero-order valence-electron chi connectivity index (χ0n) is 16.6. The molecule has 2 aromatic rings. The Labute approximate surface area is 175 Å². The van der Waals surface area contributed by atoms with Gasteiger partial charge in [0.2, 0.25) is 9.05 Å². The molecule has 3 rings (SSSR count). The minimum atomic E-state index is -3.66. The molecule has 2 aromatic carbocycles. The molecule has 0 radical (unpaired) electrons. The van der Waals surface area contributed by atoms with Gasteiger partial charge in [-0.05, 0) is 43.2 Å². The molecule has 0 bridgehead atoms. The predicted octanol–water partition coefficient (Wildman–Crippen LogP) is 3.29. The predicted molar refractivity (Wildman–Crippen MR) is 112 cm³/mol. The smallest absolute Gasteiger partial charge is 0.254 e. The normalized spacial score (nSPS) is 19.4. The Kier molecular flexibility index (Phi) is 6.51. The van der Waals surface area contributed by atoms with Gasteiger partial charge in [-0.25, -0.2) is 8.42 Å². The molecular weight excluding hydrogens is 414 g/mol. The number of amides is 1. The van der Waals surface area contributed by atoms with Gasteiger partial charge in [0, 0.05) is 23.4 Å². The van der Waals surface area contributed by atoms with Crippen LogP contribution in [0.4, 0.5) is 0 Å². The van der Waals surface area contributed by atoms with Crippen LogP contribution in [0.5, 0.6) is 5.75 Å². The summed E-state index contributed by atoms with van der Waals surface area (Å²) >= 11 is 0. The van der Waals surface area contributed by atoms with Crippen molar-refractivity contribution in [3.63, 3.8) is 0 Å². The van der Waals surface area contributed by atoms with Gasteiger partial charge in [0.1, 0.15) is 18.0 Å². The first kappa shape index (κ1) is 21.6. The standard InChI is InChI=1S/C21H24ClNO5S/c1-14-7-8-15(2)18(9-14)21(24)23-11-19(27-3)20(12-23)28-17-6-4-5-16(10-17)13-29(22,25)26/h4-10,19-20H,11-13H2,1-3H3. The van der Waals surface area contributed by atoms with Crippen LogP contribution in [0.2, 0.25) is 0 Å². The number of ether oxygens (including phenoxy) is 2. The van der Waals surface area contributed by atoms with Crippen molar-refractivity contribution in [3.8, 4) is 5.75 Å². The molecule has 2 atom stereocenters. The van der Waals surface area contributed by atoms with Crippen LogP contribution >= 0.6 is 10.7 Å². The quantitative estimate of drug-likeness (QED) is 0.648. The molecule has 1 amide bonds. The van der Waals surface area contributed by atoms with E-state index in [-0.39, 0.29) is 23.9 Å². The Morgan fingerprint density at radius 1 is 1.14 bits per heavy atom. The maximum atomic E-state index is 13.0. The van der Waals surface area contributed by atoms with Crippen LogP contribution in [-0.2, 0) is 19.5 Å². The minimum absolute atomic E-state index is 0.0543. The molecule has 1 saturated heterocycles. The maximum absolute atomic E-state index is 13.0. The number of hydrogen-bond donors (Lipinski definition) is 0. The molecule has 8 heteroatoms. The van der Waals surface area contributed by atoms with Crippen molar-refractivity contribution in [2.45, 2.75) is 31.8 Å². The number of carbonyl (C=O) groups is 1. The fourth-order valence-electron chi connectivity index (χ4n) is 3.47. The number of nitrogens with zero attached hydrogens (tertiary/aromatic N) is 1. The van der Waals surface area contributed by atoms with Crippen LogP contribution in [0.15, 0.2) is 42.5 Å². The van der Waals surface area contributed by atoms with Crippen molar-refractivity contribution in [2.75, 3.05) is 20.2 Å². The first-order chi connectivity index (χ1) is 13.7. The molecule has 0 aliphatic carbocycles. The molecule has 1 aliphatic rings. The fraction of sp³-hybridized carbons (Fsp3) is 0.381. The van der Waals surface area contributed by atoms with Crippen LogP contribution in [0, 0.1) is 13.8 Å². The van der Waals surface area contributed by atoms with Gasteiger partial charge in [0.15, 0.2) is 0 Å². The number of carbonyl (C=O) groups excluding carboxylic acids is 1. The summed E-state index contributed by atoms with van der Waals surface area (Å²) in [5.41, 5.74) is 3.16. The summed E-state index contributed by atoms with van der Waals surface area (Å²) in [6.07, 6.45) is -0.651. The number of rotatable bonds is 6. The minimum Gasteiger partial charge on any atom is -0.486 e. The van der Waals surface area contributed by atoms with Crippen molar-refractivity contribution >= 4 is 25.6 Å². The third-order valence-corrected chi connectivity index (χ3v) is 5.96. The van der Waals surface area contributed by atoms with Gasteiger partial charge in [0.25, 0.3) is 5.91 Å². The summed E-state index contributed by atoms with van der Waals surface area (Å²) in [6.45, 7) is 4.67. The van der Waals surface area contributed by atoms with Crippen molar-refractivity contribution in [3.05, 3.63) is 64.7 Å². The number of likely N-dealkylation sites (tertiary alicyclic amines) is 1. The molecule has 6 nitrogen and oxygen atoms in total. The van der Waals surface area contributed by atoms with E-state index in [9.17, 15) is 13.2 Å². The molecule has 1 fully saturated rings. The molecule has 0 N–H and O–H groups in total. The second kappa shape index (κ2) is 8.73. The molecular formula is C21H24ClNO5S. The first-order valence-electron chi connectivity index (χ1n) is 9.23. The molecule has 29 heavy (non-hydrogen) atoms. The molecule has 156 valence electrons. The van der Waals surface area contributed by atoms with Gasteiger partial charge < -0.3 is 14.4 Å². The summed E-state index contributed by atoms with van der Waals surface area (Å²) in [6, 6.07) is 12.6. The van der Waals surface area contributed by atoms with E-state index >= 15 is 0 Å². The zero-order chi connectivity index (χ0) is 21.2. The van der Waals surface area contributed by atoms with E-state index in [1.807, 2.05) is 32.0 Å². The summed E-state index contributed by atoms with van der Waals surface area (Å²) in [4.78, 5) is 14.8. The lowest BCUT2D eigenvalue weighted by Crippen LogP contribution is -2.32. The highest BCUT2D eigenvalue weighted by Crippen LogP contribution is 2.24. The van der Waals surface area contributed by atoms with Gasteiger partial charge in [-0.3, -0.25) is 4.79 Å². The van der Waals surface area contributed by atoms with E-state index in [2.05, 4.69) is 0 Å². The Morgan fingerprint density at radius 2 is 1.86 bits per heavy atom. The summed E-state index contributed by atoms with van der Waals surface area (Å²) < 4.78 is 34.2. The van der Waals surface area contributed by atoms with Gasteiger partial charge in [-0.2, -0.15) is 0 Å². The Hall–Kier alpha value is -2.09. The van der Waals surface area contributed by atoms with Crippen LogP contribution in [0.25, 0.3) is 0 Å². The van der Waals surface area contributed by atoms with Crippen LogP contribution in [0.3, 0.4) is 0 Å². The van der Waals surface area contributed by atoms with Gasteiger partial charge in [-0.15, -0.1) is 0 Å². The number of methoxy groups -OCH3 is 1. The number of halogens is 1. The highest BCUT2D eigenvalue weighted by molar-refractivity contribution is 8.13. The van der Waals surface area contributed by atoms with Gasteiger partial charge in [-0.1, -0.05) is 29.8 Å². The zero-order valence-corrected chi connectivity index (χ0v) is 18.2. The first-order valence-corrected chi connectivity index (χ1v) is 11.7. The monoisotopic (exact) mass is 437 g/mol. The van der Waals surface area contributed by atoms with E-state index in [0.29, 0.717) is 30.0 Å². The van der Waals surface area contributed by atoms with E-state index in [1.165, 1.54) is 0 Å². The number of aryl methyl sites for hydroxylation is 2. The molecule has 0 spiro atoms. The number of hydrogen-bond acceptors (Lipinski definition) is 5. The van der Waals surface area contributed by atoms with Crippen LogP contribution < -0.4 is 4.74 Å². The molecule has 0 aromatic heterocycles. The average molecular weight is 438 g/mol. The molecule has 1 heterocycles. The second-order valence-electron chi connectivity index (χ2n) is 7.29. The van der Waals surface area contributed by atoms with Crippen molar-refractivity contribution in [2.24, 2.45) is 0 Å². The SMILES string of the molecule is COC1CN(C(=O)c2cc(C)ccc2C)CC1Oc1cccc(CS(=O)(=O)Cl)c1. The summed E-state index contributed by atoms with van der Waals surface area (Å²) in [5.74, 6) is 0.179. The van der Waals surface area contributed by atoms with Crippen LogP contribution in [-0.4, -0.2) is 51.6 Å². The molecule has 2 unspecified atom stereocenters. The molecule has 1 aliphatic heterocycles. The Morgan fingerprint density at radius 3 is 2.55 bits per heavy atom. The Bertz CT molecular complexity index is 1010. The second-order valence-corrected chi connectivity index (χ2v) is 10.1.